The topological polar surface area (TPSA) is 41.6 Å². The molecule has 4 aliphatic carbocycles. The molecular formula is C18H16F14N2O2. The van der Waals surface area contributed by atoms with Crippen LogP contribution in [0.5, 0.6) is 0 Å². The van der Waals surface area contributed by atoms with Gasteiger partial charge in [0.2, 0.25) is 0 Å². The fourth-order valence-corrected chi connectivity index (χ4v) is 6.27. The fraction of sp³-hybridized carbons (Fsp3) is 0.944. The molecule has 4 nitrogen and oxygen atoms in total. The Morgan fingerprint density at radius 3 is 1.33 bits per heavy atom. The van der Waals surface area contributed by atoms with Crippen molar-refractivity contribution in [1.82, 2.24) is 10.2 Å². The third-order valence-electron chi connectivity index (χ3n) is 7.32. The number of nitrogens with one attached hydrogen (secondary N) is 1. The van der Waals surface area contributed by atoms with Crippen molar-refractivity contribution in [3.63, 3.8) is 0 Å². The number of ether oxygens (including phenoxy) is 1. The smallest absolute Gasteiger partial charge is 0.344 e. The van der Waals surface area contributed by atoms with Crippen LogP contribution in [0.1, 0.15) is 38.5 Å². The lowest BCUT2D eigenvalue weighted by atomic mass is 9.53. The van der Waals surface area contributed by atoms with Gasteiger partial charge in [-0.3, -0.25) is 9.53 Å². The van der Waals surface area contributed by atoms with Crippen molar-refractivity contribution in [2.24, 2.45) is 17.8 Å². The van der Waals surface area contributed by atoms with Crippen LogP contribution in [-0.2, 0) is 9.53 Å². The largest absolute Gasteiger partial charge is 0.456 e. The molecule has 0 aromatic rings. The van der Waals surface area contributed by atoms with Crippen LogP contribution >= 0.6 is 0 Å². The predicted molar refractivity (Wildman–Crippen MR) is 86.6 cm³/mol. The summed E-state index contributed by atoms with van der Waals surface area (Å²) >= 11 is 0. The molecule has 36 heavy (non-hydrogen) atoms. The molecule has 5 rings (SSSR count). The van der Waals surface area contributed by atoms with E-state index in [1.54, 1.807) is 0 Å². The van der Waals surface area contributed by atoms with Gasteiger partial charge in [-0.1, -0.05) is 0 Å². The van der Waals surface area contributed by atoms with Crippen LogP contribution in [0, 0.1) is 17.8 Å². The van der Waals surface area contributed by atoms with E-state index in [4.69, 9.17) is 0 Å². The molecule has 0 radical (unpaired) electrons. The maximum atomic E-state index is 14.9. The van der Waals surface area contributed by atoms with Gasteiger partial charge in [0.05, 0.1) is 0 Å². The maximum absolute atomic E-state index is 14.9. The van der Waals surface area contributed by atoms with E-state index in [0.717, 1.165) is 0 Å². The predicted octanol–water partition coefficient (Wildman–Crippen LogP) is 5.64. The zero-order valence-electron chi connectivity index (χ0n) is 17.5. The molecule has 5 aliphatic rings. The molecule has 1 amide bonds. The molecule has 4 bridgehead atoms. The van der Waals surface area contributed by atoms with E-state index < -0.39 is 58.5 Å². The molecule has 2 unspecified atom stereocenters. The molecular weight excluding hydrogens is 542 g/mol. The maximum Gasteiger partial charge on any atom is 0.456 e. The van der Waals surface area contributed by atoms with Crippen LogP contribution in [0.2, 0.25) is 0 Å². The molecule has 1 N–H and O–H groups in total. The van der Waals surface area contributed by atoms with E-state index in [-0.39, 0.29) is 37.0 Å². The number of rotatable bonds is 3. The van der Waals surface area contributed by atoms with Crippen molar-refractivity contribution in [2.75, 3.05) is 0 Å². The number of amides is 1. The molecule has 4 saturated carbocycles. The second-order valence-electron chi connectivity index (χ2n) is 9.90. The van der Waals surface area contributed by atoms with Gasteiger partial charge >= 0.3 is 48.1 Å². The summed E-state index contributed by atoms with van der Waals surface area (Å²) in [7, 11) is 0. The van der Waals surface area contributed by atoms with Crippen molar-refractivity contribution in [2.45, 2.75) is 86.3 Å². The van der Waals surface area contributed by atoms with E-state index in [1.807, 2.05) is 4.74 Å². The molecule has 5 fully saturated rings. The highest BCUT2D eigenvalue weighted by Crippen LogP contribution is 2.65. The van der Waals surface area contributed by atoms with Gasteiger partial charge in [0.15, 0.2) is 0 Å². The molecule has 1 heterocycles. The summed E-state index contributed by atoms with van der Waals surface area (Å²) < 4.78 is 196. The van der Waals surface area contributed by atoms with Gasteiger partial charge in [-0.15, -0.1) is 4.90 Å². The summed E-state index contributed by atoms with van der Waals surface area (Å²) in [5, 5.41) is 1.52. The van der Waals surface area contributed by atoms with Gasteiger partial charge in [0.25, 0.3) is 0 Å². The first kappa shape index (κ1) is 27.4. The minimum atomic E-state index is -7.46. The third kappa shape index (κ3) is 3.44. The molecule has 0 spiro atoms. The molecule has 1 saturated heterocycles. The van der Waals surface area contributed by atoms with E-state index >= 15 is 0 Å². The second-order valence-corrected chi connectivity index (χ2v) is 9.90. The van der Waals surface area contributed by atoms with E-state index in [9.17, 15) is 66.3 Å². The summed E-state index contributed by atoms with van der Waals surface area (Å²) in [5.74, 6) is -18.4. The van der Waals surface area contributed by atoms with Crippen LogP contribution in [0.25, 0.3) is 0 Å². The van der Waals surface area contributed by atoms with Gasteiger partial charge in [0.1, 0.15) is 0 Å². The van der Waals surface area contributed by atoms with Crippen LogP contribution in [0.15, 0.2) is 0 Å². The average molecular weight is 558 g/mol. The number of carbonyl (C=O) groups is 1. The van der Waals surface area contributed by atoms with E-state index in [0.29, 0.717) is 19.3 Å². The number of halogens is 14. The molecule has 1 aliphatic heterocycles. The SMILES string of the molecule is O=C(NC12CC3CC(CC(C3)C1)C2)C(F)(F)N1C(F)(F)C(F)(C(F)(F)F)OC(F)(C(F)(F)F)C1(F)F. The number of hydrogen-bond acceptors (Lipinski definition) is 3. The van der Waals surface area contributed by atoms with Crippen LogP contribution in [-0.4, -0.2) is 58.5 Å². The molecule has 0 aromatic heterocycles. The Morgan fingerprint density at radius 1 is 0.694 bits per heavy atom. The Hall–Kier alpha value is -1.59. The highest BCUT2D eigenvalue weighted by atomic mass is 19.4. The van der Waals surface area contributed by atoms with Crippen LogP contribution in [0.4, 0.5) is 61.5 Å². The lowest BCUT2D eigenvalue weighted by Crippen LogP contribution is -2.85. The van der Waals surface area contributed by atoms with Crippen molar-refractivity contribution >= 4 is 5.91 Å². The minimum absolute atomic E-state index is 0.0388. The molecule has 208 valence electrons. The van der Waals surface area contributed by atoms with Gasteiger partial charge in [-0.25, -0.2) is 0 Å². The van der Waals surface area contributed by atoms with Crippen molar-refractivity contribution in [3.05, 3.63) is 0 Å². The Morgan fingerprint density at radius 2 is 1.03 bits per heavy atom. The first-order valence-electron chi connectivity index (χ1n) is 10.4. The molecule has 2 atom stereocenters. The van der Waals surface area contributed by atoms with Crippen LogP contribution in [0.3, 0.4) is 0 Å². The van der Waals surface area contributed by atoms with Crippen molar-refractivity contribution < 1.29 is 71.0 Å². The van der Waals surface area contributed by atoms with Gasteiger partial charge < -0.3 is 5.32 Å². The number of nitrogens with zero attached hydrogens (tertiary/aromatic N) is 1. The zero-order chi connectivity index (χ0) is 27.5. The summed E-state index contributed by atoms with van der Waals surface area (Å²) in [6, 6.07) is -21.6. The highest BCUT2D eigenvalue weighted by molar-refractivity contribution is 5.84. The minimum Gasteiger partial charge on any atom is -0.344 e. The quantitative estimate of drug-likeness (QED) is 0.361. The Kier molecular flexibility index (Phi) is 5.55. The standard InChI is InChI=1S/C18H16F14N2O2/c19-12(20,10(35)33-11-4-7-1-8(5-11)3-9(2-7)6-11)34-17(29,30)13(21,15(23,24)25)36-14(22,16(26,27)28)18(34,31)32/h7-9H,1-6H2,(H,33,35). The third-order valence-corrected chi connectivity index (χ3v) is 7.32. The van der Waals surface area contributed by atoms with Crippen molar-refractivity contribution in [1.29, 1.82) is 0 Å². The highest BCUT2D eigenvalue weighted by Gasteiger charge is 2.95. The lowest BCUT2D eigenvalue weighted by molar-refractivity contribution is -0.592. The zero-order valence-corrected chi connectivity index (χ0v) is 17.5. The number of morpholine rings is 1. The normalized spacial score (nSPS) is 42.4. The molecule has 18 heteroatoms. The summed E-state index contributed by atoms with van der Waals surface area (Å²) in [6.45, 7) is 0. The Bertz CT molecular complexity index is 860. The number of hydrogen-bond donors (Lipinski definition) is 1. The summed E-state index contributed by atoms with van der Waals surface area (Å²) in [4.78, 5) is 8.70. The lowest BCUT2D eigenvalue weighted by Gasteiger charge is -2.57. The second kappa shape index (κ2) is 7.28. The summed E-state index contributed by atoms with van der Waals surface area (Å²) in [6.07, 6.45) is -13.2. The Balaban J connectivity index is 1.79. The monoisotopic (exact) mass is 558 g/mol. The van der Waals surface area contributed by atoms with Crippen molar-refractivity contribution in [3.8, 4) is 0 Å². The van der Waals surface area contributed by atoms with Gasteiger partial charge in [0, 0.05) is 5.54 Å². The average Bonchev–Trinajstić information content (AvgIpc) is 2.62. The fourth-order valence-electron chi connectivity index (χ4n) is 6.27. The number of carbonyl (C=O) groups excluding carboxylic acids is 1. The first-order valence-corrected chi connectivity index (χ1v) is 10.4. The Labute approximate surface area is 192 Å². The first-order chi connectivity index (χ1) is 15.9. The molecule has 0 aromatic carbocycles. The van der Waals surface area contributed by atoms with E-state index in [1.165, 1.54) is 5.32 Å². The van der Waals surface area contributed by atoms with Crippen LogP contribution < -0.4 is 5.32 Å². The number of alkyl halides is 14. The van der Waals surface area contributed by atoms with Gasteiger partial charge in [-0.05, 0) is 56.3 Å². The van der Waals surface area contributed by atoms with Gasteiger partial charge in [-0.2, -0.15) is 61.5 Å². The van der Waals surface area contributed by atoms with E-state index in [2.05, 4.69) is 0 Å². The summed E-state index contributed by atoms with van der Waals surface area (Å²) in [5.41, 5.74) is -1.60.